The van der Waals surface area contributed by atoms with E-state index in [1.807, 2.05) is 6.07 Å². The molecule has 5 heteroatoms. The Bertz CT molecular complexity index is 243. The van der Waals surface area contributed by atoms with E-state index in [9.17, 15) is 0 Å². The van der Waals surface area contributed by atoms with E-state index in [1.54, 1.807) is 24.2 Å². The third kappa shape index (κ3) is 4.79. The number of hydrogen-bond donors (Lipinski definition) is 1. The maximum absolute atomic E-state index is 5.89. The van der Waals surface area contributed by atoms with Gasteiger partial charge in [0.2, 0.25) is 0 Å². The number of aromatic nitrogens is 2. The molecule has 1 heterocycles. The van der Waals surface area contributed by atoms with Crippen molar-refractivity contribution in [1.82, 2.24) is 9.97 Å². The molecule has 3 nitrogen and oxygen atoms in total. The normalized spacial score (nSPS) is 12.3. The molecule has 0 aromatic carbocycles. The lowest BCUT2D eigenvalue weighted by Crippen LogP contribution is -2.28. The second-order valence-electron chi connectivity index (χ2n) is 3.25. The average Bonchev–Trinajstić information content (AvgIpc) is 2.15. The second-order valence-corrected chi connectivity index (χ2v) is 4.24. The third-order valence-electron chi connectivity index (χ3n) is 1.80. The summed E-state index contributed by atoms with van der Waals surface area (Å²) >= 11 is 1.61. The van der Waals surface area contributed by atoms with Gasteiger partial charge in [-0.2, -0.15) is 0 Å². The molecule has 0 aliphatic carbocycles. The fourth-order valence-corrected chi connectivity index (χ4v) is 1.72. The van der Waals surface area contributed by atoms with E-state index in [0.717, 1.165) is 10.9 Å². The summed E-state index contributed by atoms with van der Waals surface area (Å²) in [4.78, 5) is 8.21. The summed E-state index contributed by atoms with van der Waals surface area (Å²) in [5.74, 6) is 1.39. The number of nitrogens with two attached hydrogens (primary N) is 1. The maximum atomic E-state index is 5.89. The lowest BCUT2D eigenvalue weighted by molar-refractivity contribution is 0.535. The van der Waals surface area contributed by atoms with Crippen LogP contribution in [0, 0.1) is 5.92 Å². The zero-order valence-electron chi connectivity index (χ0n) is 8.38. The SMILES string of the molecule is CC(C)C(N)CSc1ncccn1.Cl. The van der Waals surface area contributed by atoms with Gasteiger partial charge in [-0.15, -0.1) is 12.4 Å². The van der Waals surface area contributed by atoms with Crippen LogP contribution < -0.4 is 5.73 Å². The molecule has 1 aromatic rings. The Hall–Kier alpha value is -0.320. The van der Waals surface area contributed by atoms with Gasteiger partial charge in [0.05, 0.1) is 0 Å². The fourth-order valence-electron chi connectivity index (χ4n) is 0.723. The number of hydrogen-bond acceptors (Lipinski definition) is 4. The van der Waals surface area contributed by atoms with Crippen LogP contribution in [0.1, 0.15) is 13.8 Å². The van der Waals surface area contributed by atoms with E-state index in [-0.39, 0.29) is 18.4 Å². The fraction of sp³-hybridized carbons (Fsp3) is 0.556. The zero-order valence-corrected chi connectivity index (χ0v) is 10.0. The van der Waals surface area contributed by atoms with E-state index in [1.165, 1.54) is 0 Å². The van der Waals surface area contributed by atoms with Crippen molar-refractivity contribution in [2.45, 2.75) is 25.0 Å². The van der Waals surface area contributed by atoms with Crippen molar-refractivity contribution in [3.63, 3.8) is 0 Å². The van der Waals surface area contributed by atoms with E-state index < -0.39 is 0 Å². The number of thioether (sulfide) groups is 1. The Morgan fingerprint density at radius 1 is 1.36 bits per heavy atom. The molecule has 1 atom stereocenters. The monoisotopic (exact) mass is 233 g/mol. The van der Waals surface area contributed by atoms with Crippen molar-refractivity contribution in [3.05, 3.63) is 18.5 Å². The molecule has 0 amide bonds. The minimum atomic E-state index is 0. The molecule has 1 aromatic heterocycles. The van der Waals surface area contributed by atoms with E-state index in [2.05, 4.69) is 23.8 Å². The lowest BCUT2D eigenvalue weighted by atomic mass is 10.1. The maximum Gasteiger partial charge on any atom is 0.187 e. The summed E-state index contributed by atoms with van der Waals surface area (Å²) in [5.41, 5.74) is 5.89. The Labute approximate surface area is 95.3 Å². The molecule has 0 saturated heterocycles. The lowest BCUT2D eigenvalue weighted by Gasteiger charge is -2.13. The standard InChI is InChI=1S/C9H15N3S.ClH/c1-7(2)8(10)6-13-9-11-4-3-5-12-9;/h3-5,7-8H,6,10H2,1-2H3;1H. The predicted molar refractivity (Wildman–Crippen MR) is 62.8 cm³/mol. The first-order chi connectivity index (χ1) is 6.20. The van der Waals surface area contributed by atoms with Gasteiger partial charge in [-0.05, 0) is 12.0 Å². The van der Waals surface area contributed by atoms with Crippen LogP contribution in [0.15, 0.2) is 23.6 Å². The Morgan fingerprint density at radius 3 is 2.43 bits per heavy atom. The Kier molecular flexibility index (Phi) is 6.87. The molecule has 80 valence electrons. The topological polar surface area (TPSA) is 51.8 Å². The van der Waals surface area contributed by atoms with Crippen LogP contribution in [-0.2, 0) is 0 Å². The Balaban J connectivity index is 0.00000169. The van der Waals surface area contributed by atoms with Gasteiger partial charge >= 0.3 is 0 Å². The number of nitrogens with zero attached hydrogens (tertiary/aromatic N) is 2. The van der Waals surface area contributed by atoms with Crippen LogP contribution >= 0.6 is 24.2 Å². The predicted octanol–water partition coefficient (Wildman–Crippen LogP) is 1.97. The van der Waals surface area contributed by atoms with Crippen molar-refractivity contribution in [2.24, 2.45) is 11.7 Å². The molecular formula is C9H16ClN3S. The number of rotatable bonds is 4. The van der Waals surface area contributed by atoms with Gasteiger partial charge in [0.1, 0.15) is 0 Å². The molecule has 14 heavy (non-hydrogen) atoms. The van der Waals surface area contributed by atoms with E-state index >= 15 is 0 Å². The van der Waals surface area contributed by atoms with Crippen molar-refractivity contribution >= 4 is 24.2 Å². The highest BCUT2D eigenvalue weighted by molar-refractivity contribution is 7.99. The van der Waals surface area contributed by atoms with Crippen molar-refractivity contribution in [2.75, 3.05) is 5.75 Å². The molecule has 0 spiro atoms. The van der Waals surface area contributed by atoms with Crippen LogP contribution in [0.2, 0.25) is 0 Å². The minimum Gasteiger partial charge on any atom is -0.327 e. The highest BCUT2D eigenvalue weighted by Gasteiger charge is 2.08. The first kappa shape index (κ1) is 13.7. The highest BCUT2D eigenvalue weighted by Crippen LogP contribution is 2.14. The quantitative estimate of drug-likeness (QED) is 0.638. The summed E-state index contributed by atoms with van der Waals surface area (Å²) in [6, 6.07) is 2.03. The molecule has 0 saturated carbocycles. The van der Waals surface area contributed by atoms with Crippen LogP contribution in [-0.4, -0.2) is 21.8 Å². The van der Waals surface area contributed by atoms with Crippen molar-refractivity contribution in [3.8, 4) is 0 Å². The molecule has 0 radical (unpaired) electrons. The summed E-state index contributed by atoms with van der Waals surface area (Å²) in [5, 5.41) is 0.804. The summed E-state index contributed by atoms with van der Waals surface area (Å²) in [6.45, 7) is 4.24. The number of halogens is 1. The third-order valence-corrected chi connectivity index (χ3v) is 2.82. The average molecular weight is 234 g/mol. The van der Waals surface area contributed by atoms with Gasteiger partial charge in [0, 0.05) is 24.2 Å². The molecule has 0 fully saturated rings. The molecule has 0 aliphatic heterocycles. The first-order valence-electron chi connectivity index (χ1n) is 4.35. The van der Waals surface area contributed by atoms with E-state index in [4.69, 9.17) is 5.73 Å². The zero-order chi connectivity index (χ0) is 9.68. The molecular weight excluding hydrogens is 218 g/mol. The molecule has 0 bridgehead atoms. The van der Waals surface area contributed by atoms with Gasteiger partial charge < -0.3 is 5.73 Å². The van der Waals surface area contributed by atoms with Crippen LogP contribution in [0.3, 0.4) is 0 Å². The molecule has 1 unspecified atom stereocenters. The van der Waals surface area contributed by atoms with Gasteiger partial charge in [-0.1, -0.05) is 25.6 Å². The first-order valence-corrected chi connectivity index (χ1v) is 5.34. The van der Waals surface area contributed by atoms with Crippen molar-refractivity contribution < 1.29 is 0 Å². The van der Waals surface area contributed by atoms with Crippen LogP contribution in [0.4, 0.5) is 0 Å². The largest absolute Gasteiger partial charge is 0.327 e. The molecule has 0 aliphatic rings. The summed E-state index contributed by atoms with van der Waals surface area (Å²) < 4.78 is 0. The summed E-state index contributed by atoms with van der Waals surface area (Å²) in [7, 11) is 0. The summed E-state index contributed by atoms with van der Waals surface area (Å²) in [6.07, 6.45) is 3.49. The molecule has 1 rings (SSSR count). The van der Waals surface area contributed by atoms with Crippen molar-refractivity contribution in [1.29, 1.82) is 0 Å². The second kappa shape index (κ2) is 7.04. The van der Waals surface area contributed by atoms with E-state index in [0.29, 0.717) is 5.92 Å². The highest BCUT2D eigenvalue weighted by atomic mass is 35.5. The van der Waals surface area contributed by atoms with Gasteiger partial charge in [0.25, 0.3) is 0 Å². The molecule has 2 N–H and O–H groups in total. The Morgan fingerprint density at radius 2 is 1.93 bits per heavy atom. The minimum absolute atomic E-state index is 0. The van der Waals surface area contributed by atoms with Crippen LogP contribution in [0.25, 0.3) is 0 Å². The van der Waals surface area contributed by atoms with Crippen LogP contribution in [0.5, 0.6) is 0 Å². The van der Waals surface area contributed by atoms with Gasteiger partial charge in [-0.25, -0.2) is 9.97 Å². The van der Waals surface area contributed by atoms with Gasteiger partial charge in [0.15, 0.2) is 5.16 Å². The smallest absolute Gasteiger partial charge is 0.187 e. The van der Waals surface area contributed by atoms with Gasteiger partial charge in [-0.3, -0.25) is 0 Å².